The number of hydrogen-bond acceptors (Lipinski definition) is 10. The third-order valence-corrected chi connectivity index (χ3v) is 9.94. The molecule has 0 unspecified atom stereocenters. The van der Waals surface area contributed by atoms with Crippen molar-refractivity contribution in [2.45, 2.75) is 18.0 Å². The lowest BCUT2D eigenvalue weighted by Crippen LogP contribution is -2.22. The van der Waals surface area contributed by atoms with Crippen LogP contribution in [0.15, 0.2) is 106 Å². The first-order valence-electron chi connectivity index (χ1n) is 13.8. The number of halogens is 2. The van der Waals surface area contributed by atoms with Crippen LogP contribution in [0, 0.1) is 5.82 Å². The molecule has 228 valence electrons. The van der Waals surface area contributed by atoms with Crippen molar-refractivity contribution in [1.29, 1.82) is 0 Å². The van der Waals surface area contributed by atoms with Crippen LogP contribution in [0.4, 0.5) is 15.9 Å². The molecular formula is C32H26BrFN6O3S2. The second kappa shape index (κ2) is 13.8. The van der Waals surface area contributed by atoms with Gasteiger partial charge in [-0.1, -0.05) is 30.3 Å². The average molecular weight is 706 g/mol. The lowest BCUT2D eigenvalue weighted by atomic mass is 10.2. The van der Waals surface area contributed by atoms with Gasteiger partial charge in [0.25, 0.3) is 0 Å². The molecule has 0 amide bonds. The minimum Gasteiger partial charge on any atom is -0.488 e. The molecule has 3 aromatic carbocycles. The van der Waals surface area contributed by atoms with Gasteiger partial charge >= 0.3 is 0 Å². The Morgan fingerprint density at radius 3 is 2.62 bits per heavy atom. The smallest absolute Gasteiger partial charge is 0.179 e. The summed E-state index contributed by atoms with van der Waals surface area (Å²) in [5.41, 5.74) is 3.54. The van der Waals surface area contributed by atoms with Crippen LogP contribution >= 0.6 is 27.3 Å². The lowest BCUT2D eigenvalue weighted by Gasteiger charge is -2.12. The highest BCUT2D eigenvalue weighted by Gasteiger charge is 2.14. The number of anilines is 2. The summed E-state index contributed by atoms with van der Waals surface area (Å²) in [5, 5.41) is 10.0. The quantitative estimate of drug-likeness (QED) is 0.131. The lowest BCUT2D eigenvalue weighted by molar-refractivity contribution is 0.303. The molecule has 0 atom stereocenters. The predicted molar refractivity (Wildman–Crippen MR) is 177 cm³/mol. The third kappa shape index (κ3) is 7.68. The van der Waals surface area contributed by atoms with E-state index in [9.17, 15) is 12.8 Å². The number of pyridine rings is 1. The Morgan fingerprint density at radius 2 is 1.80 bits per heavy atom. The fraction of sp³-hybridized carbons (Fsp3) is 0.125. The number of fused-ring (bicyclic) bond motifs is 1. The zero-order valence-corrected chi connectivity index (χ0v) is 26.9. The summed E-state index contributed by atoms with van der Waals surface area (Å²) >= 11 is 5.03. The van der Waals surface area contributed by atoms with Crippen molar-refractivity contribution in [3.8, 4) is 17.1 Å². The van der Waals surface area contributed by atoms with E-state index in [1.165, 1.54) is 29.8 Å². The van der Waals surface area contributed by atoms with Crippen LogP contribution in [0.5, 0.6) is 5.75 Å². The third-order valence-electron chi connectivity index (χ3n) is 6.74. The van der Waals surface area contributed by atoms with Crippen molar-refractivity contribution in [2.75, 3.05) is 17.6 Å². The normalized spacial score (nSPS) is 11.5. The predicted octanol–water partition coefficient (Wildman–Crippen LogP) is 6.94. The summed E-state index contributed by atoms with van der Waals surface area (Å²) in [7, 11) is -3.35. The van der Waals surface area contributed by atoms with Gasteiger partial charge in [-0.2, -0.15) is 0 Å². The highest BCUT2D eigenvalue weighted by atomic mass is 79.9. The molecule has 0 bridgehead atoms. The maximum absolute atomic E-state index is 13.5. The molecule has 2 N–H and O–H groups in total. The topological polar surface area (TPSA) is 119 Å². The van der Waals surface area contributed by atoms with E-state index in [0.29, 0.717) is 46.5 Å². The number of hydrogen-bond donors (Lipinski definition) is 2. The Kier molecular flexibility index (Phi) is 9.40. The highest BCUT2D eigenvalue weighted by Crippen LogP contribution is 2.32. The minimum absolute atomic E-state index is 0.00150. The largest absolute Gasteiger partial charge is 0.488 e. The number of nitrogens with zero attached hydrogens (tertiary/aromatic N) is 4. The number of nitrogens with one attached hydrogen (secondary N) is 2. The van der Waals surface area contributed by atoms with Gasteiger partial charge in [0.1, 0.15) is 35.3 Å². The summed E-state index contributed by atoms with van der Waals surface area (Å²) < 4.78 is 45.1. The second-order valence-electron chi connectivity index (χ2n) is 9.93. The van der Waals surface area contributed by atoms with E-state index in [2.05, 4.69) is 41.5 Å². The Morgan fingerprint density at radius 1 is 0.933 bits per heavy atom. The number of aromatic nitrogens is 4. The van der Waals surface area contributed by atoms with Crippen molar-refractivity contribution in [3.05, 3.63) is 118 Å². The molecule has 0 aliphatic carbocycles. The summed E-state index contributed by atoms with van der Waals surface area (Å²) in [5.74, 6) is 0.914. The number of rotatable bonds is 12. The molecule has 9 nitrogen and oxygen atoms in total. The van der Waals surface area contributed by atoms with E-state index in [1.807, 2.05) is 35.7 Å². The maximum atomic E-state index is 13.5. The Bertz CT molecular complexity index is 2060. The molecule has 3 aromatic heterocycles. The fourth-order valence-electron chi connectivity index (χ4n) is 4.48. The maximum Gasteiger partial charge on any atom is 0.179 e. The molecule has 6 rings (SSSR count). The van der Waals surface area contributed by atoms with E-state index in [4.69, 9.17) is 9.72 Å². The molecule has 0 aliphatic heterocycles. The van der Waals surface area contributed by atoms with Crippen molar-refractivity contribution in [3.63, 3.8) is 0 Å². The van der Waals surface area contributed by atoms with E-state index in [-0.39, 0.29) is 18.2 Å². The first-order chi connectivity index (χ1) is 21.8. The average Bonchev–Trinajstić information content (AvgIpc) is 3.52. The van der Waals surface area contributed by atoms with E-state index in [1.54, 1.807) is 42.6 Å². The fourth-order valence-corrected chi connectivity index (χ4v) is 6.95. The van der Waals surface area contributed by atoms with Crippen molar-refractivity contribution < 1.29 is 17.5 Å². The summed E-state index contributed by atoms with van der Waals surface area (Å²) in [6.07, 6.45) is 3.16. The second-order valence-corrected chi connectivity index (χ2v) is 13.8. The molecule has 0 saturated heterocycles. The highest BCUT2D eigenvalue weighted by molar-refractivity contribution is 9.10. The van der Waals surface area contributed by atoms with Gasteiger partial charge < -0.3 is 15.4 Å². The van der Waals surface area contributed by atoms with Crippen LogP contribution < -0.4 is 15.4 Å². The molecule has 13 heteroatoms. The van der Waals surface area contributed by atoms with Crippen LogP contribution in [0.25, 0.3) is 22.3 Å². The molecule has 45 heavy (non-hydrogen) atoms. The van der Waals surface area contributed by atoms with Crippen molar-refractivity contribution in [2.24, 2.45) is 0 Å². The zero-order valence-electron chi connectivity index (χ0n) is 23.7. The SMILES string of the molecule is O=S(=O)(CCNCc1nc(-c2cc3c(Nc4ccc(OCc5cccc(F)c5)c(Br)c4)ncnc3cn2)cs1)c1ccccc1. The van der Waals surface area contributed by atoms with Crippen molar-refractivity contribution in [1.82, 2.24) is 25.3 Å². The van der Waals surface area contributed by atoms with Gasteiger partial charge in [0.05, 0.1) is 38.2 Å². The summed E-state index contributed by atoms with van der Waals surface area (Å²) in [6.45, 7) is 0.984. The van der Waals surface area contributed by atoms with Crippen molar-refractivity contribution >= 4 is 59.5 Å². The molecule has 3 heterocycles. The van der Waals surface area contributed by atoms with E-state index in [0.717, 1.165) is 26.1 Å². The van der Waals surface area contributed by atoms with Crippen LogP contribution in [0.1, 0.15) is 10.6 Å². The first kappa shape index (κ1) is 30.7. The van der Waals surface area contributed by atoms with Gasteiger partial charge in [-0.05, 0) is 70.0 Å². The van der Waals surface area contributed by atoms with Gasteiger partial charge in [-0.3, -0.25) is 4.98 Å². The summed E-state index contributed by atoms with van der Waals surface area (Å²) in [6, 6.07) is 22.2. The molecule has 0 radical (unpaired) electrons. The van der Waals surface area contributed by atoms with Crippen LogP contribution in [0.3, 0.4) is 0 Å². The van der Waals surface area contributed by atoms with E-state index < -0.39 is 9.84 Å². The Hall–Kier alpha value is -4.30. The molecule has 0 saturated carbocycles. The van der Waals surface area contributed by atoms with Gasteiger partial charge in [0.2, 0.25) is 0 Å². The number of benzene rings is 3. The zero-order chi connectivity index (χ0) is 31.2. The van der Waals surface area contributed by atoms with Crippen LogP contribution in [0.2, 0.25) is 0 Å². The molecule has 0 aliphatic rings. The number of ether oxygens (including phenoxy) is 1. The van der Waals surface area contributed by atoms with Crippen LogP contribution in [-0.2, 0) is 23.0 Å². The standard InChI is InChI=1S/C32H26BrFN6O3S2/c33-26-14-23(9-10-30(26)43-18-21-5-4-6-22(34)13-21)39-32-25-15-27(36-16-28(25)37-20-38-32)29-19-44-31(40-29)17-35-11-12-45(41,42)24-7-2-1-3-8-24/h1-10,13-16,19-20,35H,11-12,17-18H2,(H,37,38,39). The molecule has 6 aromatic rings. The molecule has 0 fully saturated rings. The Labute approximate surface area is 271 Å². The Balaban J connectivity index is 1.11. The number of sulfone groups is 1. The van der Waals surface area contributed by atoms with Gasteiger partial charge in [-0.15, -0.1) is 11.3 Å². The summed E-state index contributed by atoms with van der Waals surface area (Å²) in [4.78, 5) is 18.4. The molecule has 0 spiro atoms. The van der Waals surface area contributed by atoms with Crippen LogP contribution in [-0.4, -0.2) is 40.7 Å². The first-order valence-corrected chi connectivity index (χ1v) is 17.1. The monoisotopic (exact) mass is 704 g/mol. The molecular weight excluding hydrogens is 679 g/mol. The van der Waals surface area contributed by atoms with Gasteiger partial charge in [0, 0.05) is 29.5 Å². The minimum atomic E-state index is -3.35. The number of thiazole rings is 1. The van der Waals surface area contributed by atoms with Gasteiger partial charge in [0.15, 0.2) is 9.84 Å². The van der Waals surface area contributed by atoms with E-state index >= 15 is 0 Å². The van der Waals surface area contributed by atoms with Gasteiger partial charge in [-0.25, -0.2) is 27.8 Å².